The molecule has 0 aromatic carbocycles. The summed E-state index contributed by atoms with van der Waals surface area (Å²) in [4.78, 5) is 11.2. The normalized spacial score (nSPS) is 30.2. The van der Waals surface area contributed by atoms with Gasteiger partial charge in [-0.15, -0.1) is 0 Å². The highest BCUT2D eigenvalue weighted by Crippen LogP contribution is 2.37. The van der Waals surface area contributed by atoms with Crippen molar-refractivity contribution >= 4 is 5.97 Å². The molecule has 3 atom stereocenters. The summed E-state index contributed by atoms with van der Waals surface area (Å²) in [6, 6.07) is 0. The number of carboxylic acid groups (broad SMARTS) is 1. The third kappa shape index (κ3) is 4.30. The molecule has 0 aromatic rings. The summed E-state index contributed by atoms with van der Waals surface area (Å²) in [5, 5.41) is 9.25. The van der Waals surface area contributed by atoms with E-state index in [0.717, 1.165) is 32.1 Å². The minimum Gasteiger partial charge on any atom is -0.481 e. The first-order valence-electron chi connectivity index (χ1n) is 6.63. The zero-order valence-electron chi connectivity index (χ0n) is 11.5. The van der Waals surface area contributed by atoms with Crippen LogP contribution in [0.2, 0.25) is 0 Å². The molecule has 0 aromatic heterocycles. The molecule has 0 heterocycles. The molecule has 1 fully saturated rings. The Morgan fingerprint density at radius 3 is 2.59 bits per heavy atom. The highest BCUT2D eigenvalue weighted by molar-refractivity contribution is 5.70. The van der Waals surface area contributed by atoms with E-state index in [2.05, 4.69) is 20.8 Å². The van der Waals surface area contributed by atoms with Gasteiger partial charge in [-0.25, -0.2) is 0 Å². The van der Waals surface area contributed by atoms with E-state index >= 15 is 0 Å². The highest BCUT2D eigenvalue weighted by atomic mass is 16.5. The van der Waals surface area contributed by atoms with Crippen LogP contribution < -0.4 is 0 Å². The molecular formula is C14H26O3. The molecule has 3 heteroatoms. The lowest BCUT2D eigenvalue weighted by atomic mass is 9.72. The smallest absolute Gasteiger partial charge is 0.306 e. The van der Waals surface area contributed by atoms with Crippen molar-refractivity contribution in [2.45, 2.75) is 58.5 Å². The van der Waals surface area contributed by atoms with E-state index in [1.165, 1.54) is 0 Å². The maximum Gasteiger partial charge on any atom is 0.306 e. The quantitative estimate of drug-likeness (QED) is 0.804. The van der Waals surface area contributed by atoms with Crippen molar-refractivity contribution in [1.29, 1.82) is 0 Å². The molecule has 0 bridgehead atoms. The third-order valence-electron chi connectivity index (χ3n) is 4.23. The molecule has 0 amide bonds. The minimum absolute atomic E-state index is 0.135. The van der Waals surface area contributed by atoms with Gasteiger partial charge in [0, 0.05) is 7.11 Å². The van der Waals surface area contributed by atoms with Gasteiger partial charge in [0.2, 0.25) is 0 Å². The fourth-order valence-corrected chi connectivity index (χ4v) is 2.78. The minimum atomic E-state index is -0.614. The second kappa shape index (κ2) is 5.85. The Balaban J connectivity index is 2.55. The molecule has 17 heavy (non-hydrogen) atoms. The highest BCUT2D eigenvalue weighted by Gasteiger charge is 2.34. The van der Waals surface area contributed by atoms with Crippen molar-refractivity contribution in [2.75, 3.05) is 7.11 Å². The summed E-state index contributed by atoms with van der Waals surface area (Å²) in [5.74, 6) is 0.239. The van der Waals surface area contributed by atoms with Crippen LogP contribution >= 0.6 is 0 Å². The summed E-state index contributed by atoms with van der Waals surface area (Å²) < 4.78 is 5.40. The Hall–Kier alpha value is -0.570. The lowest BCUT2D eigenvalue weighted by Crippen LogP contribution is -2.32. The molecule has 1 aliphatic rings. The lowest BCUT2D eigenvalue weighted by molar-refractivity contribution is -0.145. The summed E-state index contributed by atoms with van der Waals surface area (Å²) in [7, 11) is 1.72. The van der Waals surface area contributed by atoms with Crippen molar-refractivity contribution < 1.29 is 14.6 Å². The van der Waals surface area contributed by atoms with E-state index in [4.69, 9.17) is 4.74 Å². The van der Waals surface area contributed by atoms with Crippen LogP contribution in [0, 0.1) is 17.8 Å². The van der Waals surface area contributed by atoms with Gasteiger partial charge in [0.25, 0.3) is 0 Å². The molecule has 3 unspecified atom stereocenters. The Kier molecular flexibility index (Phi) is 4.99. The number of hydrogen-bond acceptors (Lipinski definition) is 2. The van der Waals surface area contributed by atoms with Crippen LogP contribution in [-0.4, -0.2) is 23.8 Å². The molecule has 100 valence electrons. The molecule has 0 spiro atoms. The number of rotatable bonds is 5. The number of aliphatic carboxylic acids is 1. The monoisotopic (exact) mass is 242 g/mol. The van der Waals surface area contributed by atoms with Gasteiger partial charge >= 0.3 is 5.97 Å². The topological polar surface area (TPSA) is 46.5 Å². The summed E-state index contributed by atoms with van der Waals surface area (Å²) in [6.07, 6.45) is 4.85. The molecule has 0 radical (unpaired) electrons. The molecule has 1 N–H and O–H groups in total. The summed E-state index contributed by atoms with van der Waals surface area (Å²) >= 11 is 0. The Labute approximate surface area is 105 Å². The van der Waals surface area contributed by atoms with Gasteiger partial charge in [-0.1, -0.05) is 6.92 Å². The maximum atomic E-state index is 11.2. The second-order valence-electron chi connectivity index (χ2n) is 6.13. The van der Waals surface area contributed by atoms with Crippen LogP contribution in [0.25, 0.3) is 0 Å². The predicted octanol–water partition coefficient (Wildman–Crippen LogP) is 3.33. The largest absolute Gasteiger partial charge is 0.481 e. The van der Waals surface area contributed by atoms with Gasteiger partial charge < -0.3 is 9.84 Å². The van der Waals surface area contributed by atoms with Gasteiger partial charge in [0.1, 0.15) is 0 Å². The molecule has 0 aliphatic heterocycles. The molecule has 1 saturated carbocycles. The van der Waals surface area contributed by atoms with Gasteiger partial charge in [-0.05, 0) is 57.8 Å². The van der Waals surface area contributed by atoms with E-state index in [-0.39, 0.29) is 11.5 Å². The number of carbonyl (C=O) groups is 1. The predicted molar refractivity (Wildman–Crippen MR) is 68.0 cm³/mol. The zero-order chi connectivity index (χ0) is 13.1. The fraction of sp³-hybridized carbons (Fsp3) is 0.929. The third-order valence-corrected chi connectivity index (χ3v) is 4.23. The van der Waals surface area contributed by atoms with Crippen LogP contribution in [0.1, 0.15) is 52.9 Å². The van der Waals surface area contributed by atoms with Crippen LogP contribution in [0.3, 0.4) is 0 Å². The van der Waals surface area contributed by atoms with Crippen molar-refractivity contribution in [1.82, 2.24) is 0 Å². The van der Waals surface area contributed by atoms with E-state index in [0.29, 0.717) is 11.8 Å². The average Bonchev–Trinajstić information content (AvgIpc) is 2.26. The number of methoxy groups -OCH3 is 1. The molecular weight excluding hydrogens is 216 g/mol. The van der Waals surface area contributed by atoms with E-state index in [1.807, 2.05) is 0 Å². The van der Waals surface area contributed by atoms with Gasteiger partial charge in [0.05, 0.1) is 11.5 Å². The van der Waals surface area contributed by atoms with Crippen molar-refractivity contribution in [3.05, 3.63) is 0 Å². The molecule has 3 nitrogen and oxygen atoms in total. The maximum absolute atomic E-state index is 11.2. The van der Waals surface area contributed by atoms with Gasteiger partial charge in [-0.2, -0.15) is 0 Å². The van der Waals surface area contributed by atoms with Gasteiger partial charge in [0.15, 0.2) is 0 Å². The average molecular weight is 242 g/mol. The zero-order valence-corrected chi connectivity index (χ0v) is 11.5. The van der Waals surface area contributed by atoms with E-state index in [9.17, 15) is 9.90 Å². The molecule has 1 rings (SSSR count). The SMILES string of the molecule is COC(C)(C)CCC1CC(C)CCC1C(=O)O. The number of hydrogen-bond donors (Lipinski definition) is 1. The van der Waals surface area contributed by atoms with Crippen LogP contribution in [-0.2, 0) is 9.53 Å². The molecule has 0 saturated heterocycles. The molecule has 1 aliphatic carbocycles. The van der Waals surface area contributed by atoms with Crippen LogP contribution in [0.5, 0.6) is 0 Å². The standard InChI is InChI=1S/C14H26O3/c1-10-5-6-12(13(15)16)11(9-10)7-8-14(2,3)17-4/h10-12H,5-9H2,1-4H3,(H,15,16). The summed E-state index contributed by atoms with van der Waals surface area (Å²) in [5.41, 5.74) is -0.135. The lowest BCUT2D eigenvalue weighted by Gasteiger charge is -2.34. The summed E-state index contributed by atoms with van der Waals surface area (Å²) in [6.45, 7) is 6.36. The fourth-order valence-electron chi connectivity index (χ4n) is 2.78. The Morgan fingerprint density at radius 2 is 2.06 bits per heavy atom. The van der Waals surface area contributed by atoms with Crippen molar-refractivity contribution in [3.8, 4) is 0 Å². The first kappa shape index (κ1) is 14.5. The van der Waals surface area contributed by atoms with E-state index < -0.39 is 5.97 Å². The van der Waals surface area contributed by atoms with Crippen molar-refractivity contribution in [2.24, 2.45) is 17.8 Å². The van der Waals surface area contributed by atoms with Crippen LogP contribution in [0.15, 0.2) is 0 Å². The van der Waals surface area contributed by atoms with E-state index in [1.54, 1.807) is 7.11 Å². The van der Waals surface area contributed by atoms with Crippen molar-refractivity contribution in [3.63, 3.8) is 0 Å². The second-order valence-corrected chi connectivity index (χ2v) is 6.13. The Morgan fingerprint density at radius 1 is 1.41 bits per heavy atom. The van der Waals surface area contributed by atoms with Crippen LogP contribution in [0.4, 0.5) is 0 Å². The van der Waals surface area contributed by atoms with Gasteiger partial charge in [-0.3, -0.25) is 4.79 Å². The Bertz CT molecular complexity index is 260. The first-order valence-corrected chi connectivity index (χ1v) is 6.63. The number of carboxylic acids is 1. The first-order chi connectivity index (χ1) is 7.85. The number of ether oxygens (including phenoxy) is 1.